The summed E-state index contributed by atoms with van der Waals surface area (Å²) in [7, 11) is 2.94. The lowest BCUT2D eigenvalue weighted by Crippen LogP contribution is -2.39. The third-order valence-electron chi connectivity index (χ3n) is 3.32. The zero-order chi connectivity index (χ0) is 19.6. The van der Waals surface area contributed by atoms with Gasteiger partial charge in [0.05, 0.1) is 6.54 Å². The van der Waals surface area contributed by atoms with Crippen LogP contribution in [0.1, 0.15) is 12.0 Å². The first kappa shape index (κ1) is 21.9. The molecule has 0 spiro atoms. The molecule has 0 aliphatic carbocycles. The van der Waals surface area contributed by atoms with E-state index in [1.54, 1.807) is 18.2 Å². The largest absolute Gasteiger partial charge is 0.434 e. The molecule has 2 N–H and O–H groups in total. The molecule has 0 aliphatic rings. The maximum atomic E-state index is 12.4. The molecule has 1 rings (SSSR count). The minimum Gasteiger partial charge on any atom is -0.434 e. The highest BCUT2D eigenvalue weighted by molar-refractivity contribution is 5.79. The van der Waals surface area contributed by atoms with Gasteiger partial charge in [-0.1, -0.05) is 18.2 Å². The summed E-state index contributed by atoms with van der Waals surface area (Å²) in [6.45, 7) is -2.98. The zero-order valence-corrected chi connectivity index (χ0v) is 14.6. The van der Waals surface area contributed by atoms with E-state index >= 15 is 0 Å². The third-order valence-corrected chi connectivity index (χ3v) is 3.32. The fourth-order valence-electron chi connectivity index (χ4n) is 2.20. The van der Waals surface area contributed by atoms with Crippen molar-refractivity contribution in [2.45, 2.75) is 25.8 Å². The van der Waals surface area contributed by atoms with E-state index < -0.39 is 19.3 Å². The molecule has 0 saturated carbocycles. The highest BCUT2D eigenvalue weighted by atomic mass is 19.4. The number of ether oxygens (including phenoxy) is 1. The van der Waals surface area contributed by atoms with Gasteiger partial charge in [0.2, 0.25) is 0 Å². The van der Waals surface area contributed by atoms with Crippen LogP contribution in [0, 0.1) is 0 Å². The Labute approximate surface area is 149 Å². The van der Waals surface area contributed by atoms with Crippen molar-refractivity contribution in [2.75, 3.05) is 33.7 Å². The first-order valence-corrected chi connectivity index (χ1v) is 7.94. The Balaban J connectivity index is 2.38. The Kier molecular flexibility index (Phi) is 9.11. The second-order valence-corrected chi connectivity index (χ2v) is 5.55. The summed E-state index contributed by atoms with van der Waals surface area (Å²) in [4.78, 5) is 5.17. The molecule has 0 aliphatic heterocycles. The molecule has 0 bridgehead atoms. The lowest BCUT2D eigenvalue weighted by Gasteiger charge is -2.19. The summed E-state index contributed by atoms with van der Waals surface area (Å²) in [5, 5.41) is 5.91. The number of alkyl halides is 5. The molecule has 0 aromatic heterocycles. The van der Waals surface area contributed by atoms with Gasteiger partial charge >= 0.3 is 12.8 Å². The van der Waals surface area contributed by atoms with E-state index in [9.17, 15) is 22.0 Å². The number of nitrogens with zero attached hydrogens (tertiary/aromatic N) is 2. The van der Waals surface area contributed by atoms with Gasteiger partial charge in [-0.2, -0.15) is 22.0 Å². The minimum absolute atomic E-state index is 0.0687. The van der Waals surface area contributed by atoms with Crippen molar-refractivity contribution in [3.8, 4) is 5.75 Å². The van der Waals surface area contributed by atoms with Crippen molar-refractivity contribution in [2.24, 2.45) is 4.99 Å². The van der Waals surface area contributed by atoms with Crippen LogP contribution in [0.15, 0.2) is 29.3 Å². The average Bonchev–Trinajstić information content (AvgIpc) is 2.53. The predicted octanol–water partition coefficient (Wildman–Crippen LogP) is 2.84. The van der Waals surface area contributed by atoms with E-state index in [4.69, 9.17) is 0 Å². The van der Waals surface area contributed by atoms with Crippen molar-refractivity contribution >= 4 is 5.96 Å². The molecule has 5 nitrogen and oxygen atoms in total. The molecule has 0 amide bonds. The van der Waals surface area contributed by atoms with Gasteiger partial charge in [0.15, 0.2) is 5.96 Å². The molecule has 0 atom stereocenters. The molecule has 0 saturated heterocycles. The van der Waals surface area contributed by atoms with E-state index in [0.29, 0.717) is 24.5 Å². The van der Waals surface area contributed by atoms with Gasteiger partial charge in [0.25, 0.3) is 0 Å². The number of guanidine groups is 1. The zero-order valence-electron chi connectivity index (χ0n) is 14.6. The van der Waals surface area contributed by atoms with Crippen molar-refractivity contribution in [1.29, 1.82) is 0 Å². The Bertz CT molecular complexity index is 566. The van der Waals surface area contributed by atoms with Crippen LogP contribution in [0.2, 0.25) is 0 Å². The minimum atomic E-state index is -4.21. The summed E-state index contributed by atoms with van der Waals surface area (Å²) in [6, 6.07) is 6.37. The van der Waals surface area contributed by atoms with E-state index in [0.717, 1.165) is 0 Å². The van der Waals surface area contributed by atoms with Crippen LogP contribution < -0.4 is 15.4 Å². The number of halogens is 5. The van der Waals surface area contributed by atoms with Gasteiger partial charge in [-0.15, -0.1) is 0 Å². The summed E-state index contributed by atoms with van der Waals surface area (Å²) in [5.74, 6) is 0.481. The topological polar surface area (TPSA) is 48.9 Å². The summed E-state index contributed by atoms with van der Waals surface area (Å²) < 4.78 is 65.9. The lowest BCUT2D eigenvalue weighted by atomic mass is 10.2. The van der Waals surface area contributed by atoms with Crippen LogP contribution in [0.5, 0.6) is 5.75 Å². The fraction of sp³-hybridized carbons (Fsp3) is 0.562. The second-order valence-electron chi connectivity index (χ2n) is 5.55. The molecule has 1 aromatic rings. The van der Waals surface area contributed by atoms with Crippen LogP contribution in [0.25, 0.3) is 0 Å². The maximum Gasteiger partial charge on any atom is 0.401 e. The van der Waals surface area contributed by atoms with Crippen molar-refractivity contribution in [1.82, 2.24) is 15.5 Å². The summed E-state index contributed by atoms with van der Waals surface area (Å²) >= 11 is 0. The molecule has 1 aromatic carbocycles. The molecule has 10 heteroatoms. The van der Waals surface area contributed by atoms with E-state index in [1.807, 2.05) is 0 Å². The van der Waals surface area contributed by atoms with Gasteiger partial charge in [0.1, 0.15) is 5.75 Å². The Morgan fingerprint density at radius 2 is 1.92 bits per heavy atom. The van der Waals surface area contributed by atoms with Crippen molar-refractivity contribution in [3.05, 3.63) is 29.8 Å². The fourth-order valence-corrected chi connectivity index (χ4v) is 2.20. The number of hydrogen-bond donors (Lipinski definition) is 2. The number of nitrogens with one attached hydrogen (secondary N) is 2. The molecular formula is C16H23F5N4O. The quantitative estimate of drug-likeness (QED) is 0.299. The van der Waals surface area contributed by atoms with Gasteiger partial charge in [-0.05, 0) is 26.1 Å². The number of rotatable bonds is 9. The van der Waals surface area contributed by atoms with Gasteiger partial charge in [0, 0.05) is 25.7 Å². The number of hydrogen-bond acceptors (Lipinski definition) is 3. The summed E-state index contributed by atoms with van der Waals surface area (Å²) in [6.07, 6.45) is -3.73. The molecule has 148 valence electrons. The molecule has 0 unspecified atom stereocenters. The molecule has 0 heterocycles. The van der Waals surface area contributed by atoms with E-state index in [2.05, 4.69) is 20.4 Å². The average molecular weight is 382 g/mol. The first-order chi connectivity index (χ1) is 12.2. The predicted molar refractivity (Wildman–Crippen MR) is 89.4 cm³/mol. The maximum absolute atomic E-state index is 12.4. The molecule has 0 radical (unpaired) electrons. The van der Waals surface area contributed by atoms with Crippen LogP contribution in [0.3, 0.4) is 0 Å². The highest BCUT2D eigenvalue weighted by Gasteiger charge is 2.28. The van der Waals surface area contributed by atoms with Crippen LogP contribution in [0.4, 0.5) is 22.0 Å². The van der Waals surface area contributed by atoms with Crippen LogP contribution in [-0.4, -0.2) is 57.4 Å². The second kappa shape index (κ2) is 10.8. The molecular weight excluding hydrogens is 359 g/mol. The SMILES string of the molecule is CN=C(NCCCN(C)CC(F)(F)F)NCc1ccccc1OC(F)F. The number of para-hydroxylation sites is 1. The highest BCUT2D eigenvalue weighted by Crippen LogP contribution is 2.19. The first-order valence-electron chi connectivity index (χ1n) is 7.94. The summed E-state index contributed by atoms with van der Waals surface area (Å²) in [5.41, 5.74) is 0.528. The van der Waals surface area contributed by atoms with Gasteiger partial charge in [-0.3, -0.25) is 9.89 Å². The van der Waals surface area contributed by atoms with Crippen molar-refractivity contribution in [3.63, 3.8) is 0 Å². The van der Waals surface area contributed by atoms with E-state index in [-0.39, 0.29) is 18.8 Å². The van der Waals surface area contributed by atoms with Crippen LogP contribution in [-0.2, 0) is 6.54 Å². The third kappa shape index (κ3) is 9.40. The van der Waals surface area contributed by atoms with Crippen molar-refractivity contribution < 1.29 is 26.7 Å². The lowest BCUT2D eigenvalue weighted by molar-refractivity contribution is -0.143. The number of benzene rings is 1. The van der Waals surface area contributed by atoms with Gasteiger partial charge in [-0.25, -0.2) is 0 Å². The molecule has 0 fully saturated rings. The van der Waals surface area contributed by atoms with Crippen LogP contribution >= 0.6 is 0 Å². The Morgan fingerprint density at radius 3 is 2.54 bits per heavy atom. The monoisotopic (exact) mass is 382 g/mol. The Morgan fingerprint density at radius 1 is 1.23 bits per heavy atom. The number of aliphatic imine (C=N–C) groups is 1. The normalized spacial score (nSPS) is 12.6. The standard InChI is InChI=1S/C16H23F5N4O/c1-22-15(23-8-5-9-25(2)11-16(19,20)21)24-10-12-6-3-4-7-13(12)26-14(17)18/h3-4,6-7,14H,5,8-11H2,1-2H3,(H2,22,23,24). The van der Waals surface area contributed by atoms with Gasteiger partial charge < -0.3 is 15.4 Å². The van der Waals surface area contributed by atoms with E-state index in [1.165, 1.54) is 25.1 Å². The smallest absolute Gasteiger partial charge is 0.401 e. The Hall–Kier alpha value is -2.10. The molecule has 26 heavy (non-hydrogen) atoms.